The molecule has 2 aliphatic rings. The van der Waals surface area contributed by atoms with Crippen LogP contribution in [0.2, 0.25) is 5.02 Å². The Kier molecular flexibility index (Phi) is 10.1. The molecule has 0 bridgehead atoms. The fourth-order valence-electron chi connectivity index (χ4n) is 5.91. The van der Waals surface area contributed by atoms with E-state index >= 15 is 4.39 Å². The summed E-state index contributed by atoms with van der Waals surface area (Å²) < 4.78 is 34.0. The van der Waals surface area contributed by atoms with Gasteiger partial charge in [-0.2, -0.15) is 0 Å². The van der Waals surface area contributed by atoms with Crippen LogP contribution >= 0.6 is 11.6 Å². The van der Waals surface area contributed by atoms with Crippen molar-refractivity contribution in [1.29, 1.82) is 0 Å². The first-order chi connectivity index (χ1) is 20.7. The maximum absolute atomic E-state index is 15.1. The van der Waals surface area contributed by atoms with E-state index in [-0.39, 0.29) is 53.1 Å². The van der Waals surface area contributed by atoms with Crippen LogP contribution in [0.5, 0.6) is 0 Å². The van der Waals surface area contributed by atoms with Gasteiger partial charge in [0.25, 0.3) is 5.91 Å². The molecule has 2 aromatic carbocycles. The average Bonchev–Trinajstić information content (AvgIpc) is 3.66. The first-order valence-electron chi connectivity index (χ1n) is 14.7. The van der Waals surface area contributed by atoms with Crippen molar-refractivity contribution in [2.45, 2.75) is 57.5 Å². The average molecular weight is 614 g/mol. The molecule has 1 atom stereocenters. The number of nitrogens with one attached hydrogen (secondary N) is 1. The molecule has 3 aromatic rings. The molecule has 1 saturated heterocycles. The van der Waals surface area contributed by atoms with Gasteiger partial charge in [-0.3, -0.25) is 19.3 Å². The van der Waals surface area contributed by atoms with E-state index in [2.05, 4.69) is 10.2 Å². The number of rotatable bonds is 11. The predicted molar refractivity (Wildman–Crippen MR) is 160 cm³/mol. The summed E-state index contributed by atoms with van der Waals surface area (Å²) >= 11 is 6.42. The molecule has 2 heterocycles. The Balaban J connectivity index is 1.18. The quantitative estimate of drug-likeness (QED) is 0.226. The van der Waals surface area contributed by atoms with Gasteiger partial charge in [0.1, 0.15) is 12.4 Å². The minimum absolute atomic E-state index is 0.0884. The van der Waals surface area contributed by atoms with Gasteiger partial charge in [0.2, 0.25) is 6.41 Å². The second-order valence-corrected chi connectivity index (χ2v) is 11.7. The number of halogens is 2. The highest BCUT2D eigenvalue weighted by molar-refractivity contribution is 6.34. The summed E-state index contributed by atoms with van der Waals surface area (Å²) in [6, 6.07) is 9.99. The van der Waals surface area contributed by atoms with E-state index in [1.807, 2.05) is 35.9 Å². The number of methoxy groups -OCH3 is 1. The number of fused-ring (bicyclic) bond motifs is 1. The highest BCUT2D eigenvalue weighted by Gasteiger charge is 2.32. The number of aryl methyl sites for hydroxylation is 1. The van der Waals surface area contributed by atoms with Crippen molar-refractivity contribution in [1.82, 2.24) is 9.47 Å². The van der Waals surface area contributed by atoms with Crippen LogP contribution in [0.4, 0.5) is 10.1 Å². The number of anilines is 1. The number of likely N-dealkylation sites (tertiary alicyclic amines) is 1. The Morgan fingerprint density at radius 3 is 2.53 bits per heavy atom. The van der Waals surface area contributed by atoms with Crippen LogP contribution in [-0.4, -0.2) is 66.5 Å². The van der Waals surface area contributed by atoms with Gasteiger partial charge in [-0.15, -0.1) is 0 Å². The van der Waals surface area contributed by atoms with Gasteiger partial charge in [0.05, 0.1) is 35.4 Å². The summed E-state index contributed by atoms with van der Waals surface area (Å²) in [5.74, 6) is -1.70. The third-order valence-corrected chi connectivity index (χ3v) is 8.57. The maximum atomic E-state index is 15.1. The van der Waals surface area contributed by atoms with Crippen LogP contribution < -0.4 is 5.32 Å². The molecule has 0 spiro atoms. The molecule has 2 fully saturated rings. The van der Waals surface area contributed by atoms with Crippen LogP contribution in [0.1, 0.15) is 54.4 Å². The number of carbonyl (C=O) groups is 3. The van der Waals surface area contributed by atoms with E-state index in [1.165, 1.54) is 13.2 Å². The maximum Gasteiger partial charge on any atom is 0.308 e. The Morgan fingerprint density at radius 2 is 1.81 bits per heavy atom. The summed E-state index contributed by atoms with van der Waals surface area (Å²) in [4.78, 5) is 39.8. The lowest BCUT2D eigenvalue weighted by Gasteiger charge is -2.34. The summed E-state index contributed by atoms with van der Waals surface area (Å²) in [5.41, 5.74) is 1.57. The molecule has 9 nitrogen and oxygen atoms in total. The van der Waals surface area contributed by atoms with E-state index in [4.69, 9.17) is 25.8 Å². The Labute approximate surface area is 255 Å². The van der Waals surface area contributed by atoms with Gasteiger partial charge in [0.15, 0.2) is 5.78 Å². The number of aromatic nitrogens is 1. The fourth-order valence-corrected chi connectivity index (χ4v) is 6.14. The predicted octanol–water partition coefficient (Wildman–Crippen LogP) is 5.48. The van der Waals surface area contributed by atoms with Gasteiger partial charge in [0, 0.05) is 43.7 Å². The lowest BCUT2D eigenvalue weighted by Crippen LogP contribution is -2.42. The second kappa shape index (κ2) is 14.0. The molecule has 11 heteroatoms. The molecule has 230 valence electrons. The minimum Gasteiger partial charge on any atom is -0.469 e. The van der Waals surface area contributed by atoms with Crippen LogP contribution in [-0.2, 0) is 37.3 Å². The number of Topliss-reactive ketones (excluding diaryl/α,β-unsaturated/α-hetero) is 1. The van der Waals surface area contributed by atoms with Gasteiger partial charge < -0.3 is 24.1 Å². The normalized spacial score (nSPS) is 19.8. The largest absolute Gasteiger partial charge is 0.469 e. The number of hydrogen-bond acceptors (Lipinski definition) is 7. The molecule has 5 rings (SSSR count). The number of esters is 1. The lowest BCUT2D eigenvalue weighted by atomic mass is 9.87. The van der Waals surface area contributed by atoms with Crippen LogP contribution in [0, 0.1) is 11.7 Å². The van der Waals surface area contributed by atoms with Gasteiger partial charge >= 0.3 is 5.97 Å². The van der Waals surface area contributed by atoms with Crippen LogP contribution in [0.25, 0.3) is 10.9 Å². The number of hydrogen-bond donors (Lipinski definition) is 1. The van der Waals surface area contributed by atoms with Crippen molar-refractivity contribution in [3.05, 3.63) is 64.6 Å². The molecule has 43 heavy (non-hydrogen) atoms. The number of carbonyl (C=O) groups excluding carboxylic acids is 3. The number of benzene rings is 2. The molecule has 1 aromatic heterocycles. The van der Waals surface area contributed by atoms with Crippen molar-refractivity contribution >= 4 is 45.9 Å². The second-order valence-electron chi connectivity index (χ2n) is 11.3. The number of ether oxygens (including phenoxy) is 3. The van der Waals surface area contributed by atoms with E-state index in [9.17, 15) is 14.4 Å². The standard InChI is InChI=1S/C32H37ClFN3O6/c1-36-18-25(24-7-3-4-8-29(24)36)30(39)35-28-17-27(34)21(16-26(28)33)15-22(38)19-42-32(37-13-5-6-14-37)43-23-11-9-20(10-12-23)31(40)41-2/h3-4,7-8,16-18,20,23,32H,5-6,9-15,19H2,1-2H3,(H,35,39)/t20-,23-,32?. The summed E-state index contributed by atoms with van der Waals surface area (Å²) in [6.07, 6.45) is 5.51. The summed E-state index contributed by atoms with van der Waals surface area (Å²) in [5, 5.41) is 3.59. The number of ketones is 1. The van der Waals surface area contributed by atoms with E-state index in [0.717, 1.165) is 42.9 Å². The fraction of sp³-hybridized carbons (Fsp3) is 0.469. The third-order valence-electron chi connectivity index (χ3n) is 8.26. The van der Waals surface area contributed by atoms with E-state index in [1.54, 1.807) is 6.20 Å². The number of para-hydroxylation sites is 1. The van der Waals surface area contributed by atoms with Crippen molar-refractivity contribution < 1.29 is 33.0 Å². The van der Waals surface area contributed by atoms with Gasteiger partial charge in [-0.05, 0) is 62.3 Å². The SMILES string of the molecule is COC(=O)[C@H]1CC[C@H](OC(OCC(=O)Cc2cc(Cl)c(NC(=O)c3cn(C)c4ccccc34)cc2F)N2CCCC2)CC1. The minimum atomic E-state index is -0.689. The van der Waals surface area contributed by atoms with Crippen molar-refractivity contribution in [2.75, 3.05) is 32.1 Å². The molecule has 1 unspecified atom stereocenters. The molecule has 1 N–H and O–H groups in total. The molecular weight excluding hydrogens is 577 g/mol. The van der Waals surface area contributed by atoms with Gasteiger partial charge in [-0.25, -0.2) is 4.39 Å². The monoisotopic (exact) mass is 613 g/mol. The van der Waals surface area contributed by atoms with Crippen LogP contribution in [0.3, 0.4) is 0 Å². The summed E-state index contributed by atoms with van der Waals surface area (Å²) in [7, 11) is 3.25. The van der Waals surface area contributed by atoms with E-state index < -0.39 is 18.1 Å². The Morgan fingerprint density at radius 1 is 1.09 bits per heavy atom. The molecule has 1 amide bonds. The zero-order valence-electron chi connectivity index (χ0n) is 24.4. The Hall–Kier alpha value is -3.31. The highest BCUT2D eigenvalue weighted by atomic mass is 35.5. The van der Waals surface area contributed by atoms with E-state index in [0.29, 0.717) is 31.2 Å². The zero-order valence-corrected chi connectivity index (χ0v) is 25.2. The number of amides is 1. The van der Waals surface area contributed by atoms with Crippen molar-refractivity contribution in [3.63, 3.8) is 0 Å². The molecule has 1 aliphatic heterocycles. The van der Waals surface area contributed by atoms with Crippen LogP contribution in [0.15, 0.2) is 42.6 Å². The van der Waals surface area contributed by atoms with Crippen molar-refractivity contribution in [2.24, 2.45) is 13.0 Å². The lowest BCUT2D eigenvalue weighted by molar-refractivity contribution is -0.243. The van der Waals surface area contributed by atoms with Gasteiger partial charge in [-0.1, -0.05) is 29.8 Å². The Bertz CT molecular complexity index is 1480. The molecular formula is C32H37ClFN3O6. The summed E-state index contributed by atoms with van der Waals surface area (Å²) in [6.45, 7) is 1.34. The van der Waals surface area contributed by atoms with Crippen molar-refractivity contribution in [3.8, 4) is 0 Å². The smallest absolute Gasteiger partial charge is 0.308 e. The topological polar surface area (TPSA) is 99.1 Å². The molecule has 1 saturated carbocycles. The molecule has 0 radical (unpaired) electrons. The first-order valence-corrected chi connectivity index (χ1v) is 15.0. The highest BCUT2D eigenvalue weighted by Crippen LogP contribution is 2.30. The third kappa shape index (κ3) is 7.44. The first kappa shape index (κ1) is 31.1. The number of nitrogens with zero attached hydrogens (tertiary/aromatic N) is 2. The zero-order chi connectivity index (χ0) is 30.5. The molecule has 1 aliphatic carbocycles.